The van der Waals surface area contributed by atoms with Gasteiger partial charge >= 0.3 is 6.09 Å². The molecule has 2 N–H and O–H groups in total. The SMILES string of the molecule is CCOC(=O)NC(=S)NCc1ccncc1. The lowest BCUT2D eigenvalue weighted by Gasteiger charge is -2.08. The Morgan fingerprint density at radius 3 is 2.81 bits per heavy atom. The van der Waals surface area contributed by atoms with Gasteiger partial charge in [-0.15, -0.1) is 0 Å². The van der Waals surface area contributed by atoms with Gasteiger partial charge in [-0.1, -0.05) is 0 Å². The average molecular weight is 239 g/mol. The van der Waals surface area contributed by atoms with E-state index in [9.17, 15) is 4.79 Å². The highest BCUT2D eigenvalue weighted by atomic mass is 32.1. The van der Waals surface area contributed by atoms with E-state index in [4.69, 9.17) is 12.2 Å². The molecule has 0 atom stereocenters. The van der Waals surface area contributed by atoms with E-state index in [1.165, 1.54) is 0 Å². The Bertz CT molecular complexity index is 356. The maximum Gasteiger partial charge on any atom is 0.413 e. The number of pyridine rings is 1. The number of thiocarbonyl (C=S) groups is 1. The number of hydrogen-bond donors (Lipinski definition) is 2. The molecule has 6 heteroatoms. The quantitative estimate of drug-likeness (QED) is 0.776. The number of alkyl carbamates (subject to hydrolysis) is 1. The minimum Gasteiger partial charge on any atom is -0.450 e. The van der Waals surface area contributed by atoms with Crippen LogP contribution in [0, 0.1) is 0 Å². The van der Waals surface area contributed by atoms with Crippen molar-refractivity contribution in [3.8, 4) is 0 Å². The molecule has 0 spiro atoms. The Morgan fingerprint density at radius 1 is 1.50 bits per heavy atom. The number of rotatable bonds is 3. The molecule has 0 aromatic carbocycles. The number of carbonyl (C=O) groups excluding carboxylic acids is 1. The lowest BCUT2D eigenvalue weighted by Crippen LogP contribution is -2.39. The minimum absolute atomic E-state index is 0.246. The van der Waals surface area contributed by atoms with Crippen molar-refractivity contribution in [1.82, 2.24) is 15.6 Å². The molecule has 1 amide bonds. The van der Waals surface area contributed by atoms with Crippen LogP contribution in [0.4, 0.5) is 4.79 Å². The fourth-order valence-corrected chi connectivity index (χ4v) is 1.14. The molecule has 0 bridgehead atoms. The third-order valence-electron chi connectivity index (χ3n) is 1.69. The second-order valence-electron chi connectivity index (χ2n) is 2.88. The summed E-state index contributed by atoms with van der Waals surface area (Å²) < 4.78 is 4.68. The number of ether oxygens (including phenoxy) is 1. The van der Waals surface area contributed by atoms with Crippen LogP contribution in [0.15, 0.2) is 24.5 Å². The largest absolute Gasteiger partial charge is 0.450 e. The summed E-state index contributed by atoms with van der Waals surface area (Å²) >= 11 is 4.90. The summed E-state index contributed by atoms with van der Waals surface area (Å²) in [6.07, 6.45) is 2.84. The van der Waals surface area contributed by atoms with Gasteiger partial charge in [-0.3, -0.25) is 10.3 Å². The highest BCUT2D eigenvalue weighted by molar-refractivity contribution is 7.80. The number of hydrogen-bond acceptors (Lipinski definition) is 4. The Balaban J connectivity index is 2.28. The van der Waals surface area contributed by atoms with E-state index in [0.29, 0.717) is 13.2 Å². The average Bonchev–Trinajstić information content (AvgIpc) is 2.28. The molecule has 86 valence electrons. The molecule has 0 aliphatic rings. The third kappa shape index (κ3) is 4.70. The van der Waals surface area contributed by atoms with Crippen LogP contribution >= 0.6 is 12.2 Å². The first-order valence-corrected chi connectivity index (χ1v) is 5.23. The zero-order valence-corrected chi connectivity index (χ0v) is 9.71. The first-order chi connectivity index (χ1) is 7.72. The molecule has 16 heavy (non-hydrogen) atoms. The zero-order valence-electron chi connectivity index (χ0n) is 8.90. The van der Waals surface area contributed by atoms with E-state index < -0.39 is 6.09 Å². The van der Waals surface area contributed by atoms with Gasteiger partial charge in [-0.25, -0.2) is 4.79 Å². The molecule has 1 heterocycles. The summed E-state index contributed by atoms with van der Waals surface area (Å²) in [5, 5.41) is 5.52. The van der Waals surface area contributed by atoms with E-state index in [0.717, 1.165) is 5.56 Å². The van der Waals surface area contributed by atoms with Crippen LogP contribution < -0.4 is 10.6 Å². The Hall–Kier alpha value is -1.69. The lowest BCUT2D eigenvalue weighted by molar-refractivity contribution is 0.157. The van der Waals surface area contributed by atoms with Crippen LogP contribution in [0.3, 0.4) is 0 Å². The van der Waals surface area contributed by atoms with Gasteiger partial charge in [-0.2, -0.15) is 0 Å². The number of carbonyl (C=O) groups is 1. The van der Waals surface area contributed by atoms with Crippen LogP contribution in [0.2, 0.25) is 0 Å². The van der Waals surface area contributed by atoms with Crippen LogP contribution in [-0.2, 0) is 11.3 Å². The van der Waals surface area contributed by atoms with Gasteiger partial charge in [0.05, 0.1) is 6.61 Å². The second-order valence-corrected chi connectivity index (χ2v) is 3.29. The van der Waals surface area contributed by atoms with Crippen LogP contribution in [0.1, 0.15) is 12.5 Å². The summed E-state index contributed by atoms with van der Waals surface area (Å²) in [6, 6.07) is 3.72. The monoisotopic (exact) mass is 239 g/mol. The second kappa shape index (κ2) is 6.73. The highest BCUT2D eigenvalue weighted by Crippen LogP contribution is 1.94. The Labute approximate surface area is 99.2 Å². The van der Waals surface area contributed by atoms with E-state index in [1.54, 1.807) is 19.3 Å². The molecule has 0 saturated carbocycles. The van der Waals surface area contributed by atoms with Gasteiger partial charge in [-0.05, 0) is 36.8 Å². The normalized spacial score (nSPS) is 9.31. The molecule has 1 aromatic heterocycles. The molecule has 0 fully saturated rings. The molecular formula is C10H13N3O2S. The summed E-state index contributed by atoms with van der Waals surface area (Å²) in [5.74, 6) is 0. The molecule has 1 aromatic rings. The fourth-order valence-electron chi connectivity index (χ4n) is 0.987. The zero-order chi connectivity index (χ0) is 11.8. The van der Waals surface area contributed by atoms with E-state index >= 15 is 0 Å². The summed E-state index contributed by atoms with van der Waals surface area (Å²) in [4.78, 5) is 14.9. The molecule has 0 aliphatic carbocycles. The van der Waals surface area contributed by atoms with Gasteiger partial charge in [0.1, 0.15) is 0 Å². The Kier molecular flexibility index (Phi) is 5.21. The van der Waals surface area contributed by atoms with Gasteiger partial charge < -0.3 is 10.1 Å². The Morgan fingerprint density at radius 2 is 2.19 bits per heavy atom. The van der Waals surface area contributed by atoms with Crippen molar-refractivity contribution in [1.29, 1.82) is 0 Å². The smallest absolute Gasteiger partial charge is 0.413 e. The minimum atomic E-state index is -0.547. The molecule has 0 radical (unpaired) electrons. The third-order valence-corrected chi connectivity index (χ3v) is 1.94. The number of nitrogens with zero attached hydrogens (tertiary/aromatic N) is 1. The predicted octanol–water partition coefficient (Wildman–Crippen LogP) is 1.20. The van der Waals surface area contributed by atoms with Crippen molar-refractivity contribution in [2.75, 3.05) is 6.61 Å². The summed E-state index contributed by atoms with van der Waals surface area (Å²) in [6.45, 7) is 2.58. The van der Waals surface area contributed by atoms with Crippen molar-refractivity contribution in [2.24, 2.45) is 0 Å². The van der Waals surface area contributed by atoms with Crippen molar-refractivity contribution < 1.29 is 9.53 Å². The molecule has 0 saturated heterocycles. The van der Waals surface area contributed by atoms with Gasteiger partial charge in [0.2, 0.25) is 0 Å². The number of aromatic nitrogens is 1. The lowest BCUT2D eigenvalue weighted by atomic mass is 10.3. The topological polar surface area (TPSA) is 63.2 Å². The maximum atomic E-state index is 11.0. The van der Waals surface area contributed by atoms with Crippen molar-refractivity contribution in [2.45, 2.75) is 13.5 Å². The van der Waals surface area contributed by atoms with E-state index in [1.807, 2.05) is 12.1 Å². The van der Waals surface area contributed by atoms with E-state index in [-0.39, 0.29) is 5.11 Å². The van der Waals surface area contributed by atoms with Gasteiger partial charge in [0.25, 0.3) is 0 Å². The predicted molar refractivity (Wildman–Crippen MR) is 63.8 cm³/mol. The van der Waals surface area contributed by atoms with Crippen molar-refractivity contribution in [3.63, 3.8) is 0 Å². The molecule has 0 aliphatic heterocycles. The van der Waals surface area contributed by atoms with Gasteiger partial charge in [0.15, 0.2) is 5.11 Å². The fraction of sp³-hybridized carbons (Fsp3) is 0.300. The first-order valence-electron chi connectivity index (χ1n) is 4.83. The van der Waals surface area contributed by atoms with Gasteiger partial charge in [0, 0.05) is 18.9 Å². The van der Waals surface area contributed by atoms with Crippen LogP contribution in [0.5, 0.6) is 0 Å². The first kappa shape index (κ1) is 12.4. The maximum absolute atomic E-state index is 11.0. The molecular weight excluding hydrogens is 226 g/mol. The summed E-state index contributed by atoms with van der Waals surface area (Å²) in [5.41, 5.74) is 1.03. The van der Waals surface area contributed by atoms with E-state index in [2.05, 4.69) is 20.4 Å². The molecule has 0 unspecified atom stereocenters. The number of amides is 1. The highest BCUT2D eigenvalue weighted by Gasteiger charge is 2.03. The van der Waals surface area contributed by atoms with Crippen molar-refractivity contribution >= 4 is 23.4 Å². The number of nitrogens with one attached hydrogen (secondary N) is 2. The standard InChI is InChI=1S/C10H13N3O2S/c1-2-15-10(14)13-9(16)12-7-8-3-5-11-6-4-8/h3-6H,2,7H2,1H3,(H2,12,13,14,16). The summed E-state index contributed by atoms with van der Waals surface area (Å²) in [7, 11) is 0. The van der Waals surface area contributed by atoms with Crippen molar-refractivity contribution in [3.05, 3.63) is 30.1 Å². The van der Waals surface area contributed by atoms with Crippen LogP contribution in [0.25, 0.3) is 0 Å². The molecule has 1 rings (SSSR count). The molecule has 5 nitrogen and oxygen atoms in total. The van der Waals surface area contributed by atoms with Crippen LogP contribution in [-0.4, -0.2) is 22.8 Å².